The van der Waals surface area contributed by atoms with Gasteiger partial charge in [-0.1, -0.05) is 0 Å². The van der Waals surface area contributed by atoms with Crippen LogP contribution in [0.5, 0.6) is 0 Å². The van der Waals surface area contributed by atoms with Gasteiger partial charge < -0.3 is 15.8 Å². The number of aromatic nitrogens is 2. The summed E-state index contributed by atoms with van der Waals surface area (Å²) in [6.45, 7) is 0.405. The van der Waals surface area contributed by atoms with E-state index in [2.05, 4.69) is 15.3 Å². The third-order valence-electron chi connectivity index (χ3n) is 5.12. The molecule has 4 unspecified atom stereocenters. The molecule has 3 fully saturated rings. The summed E-state index contributed by atoms with van der Waals surface area (Å²) in [7, 11) is 1.64. The number of fused-ring (bicyclic) bond motifs is 5. The zero-order chi connectivity index (χ0) is 13.0. The fourth-order valence-electron chi connectivity index (χ4n) is 4.47. The average Bonchev–Trinajstić information content (AvgIpc) is 2.78. The molecule has 4 atom stereocenters. The standard InChI is InChI=1S/C14H20N4O/c1-19-6-11-16-9(15)5-10(17-11)18-14-12-7-2-3-8(4-7)13(12)14/h5,7-8,12-14H,2-4,6H2,1H3,(H3,15,16,17,18). The predicted molar refractivity (Wildman–Crippen MR) is 72.4 cm³/mol. The van der Waals surface area contributed by atoms with Gasteiger partial charge in [0.15, 0.2) is 5.82 Å². The molecule has 0 aromatic carbocycles. The number of methoxy groups -OCH3 is 1. The van der Waals surface area contributed by atoms with Crippen molar-refractivity contribution in [1.82, 2.24) is 9.97 Å². The highest BCUT2D eigenvalue weighted by molar-refractivity contribution is 5.47. The van der Waals surface area contributed by atoms with E-state index in [9.17, 15) is 0 Å². The van der Waals surface area contributed by atoms with Crippen LogP contribution in [0.2, 0.25) is 0 Å². The number of nitrogen functional groups attached to an aromatic ring is 1. The summed E-state index contributed by atoms with van der Waals surface area (Å²) in [4.78, 5) is 8.64. The van der Waals surface area contributed by atoms with E-state index in [-0.39, 0.29) is 0 Å². The molecule has 1 heterocycles. The Balaban J connectivity index is 1.49. The summed E-state index contributed by atoms with van der Waals surface area (Å²) in [6, 6.07) is 2.45. The molecule has 102 valence electrons. The van der Waals surface area contributed by atoms with Gasteiger partial charge in [0.25, 0.3) is 0 Å². The highest BCUT2D eigenvalue weighted by Crippen LogP contribution is 2.66. The van der Waals surface area contributed by atoms with Crippen molar-refractivity contribution in [1.29, 1.82) is 0 Å². The van der Waals surface area contributed by atoms with Crippen molar-refractivity contribution in [2.24, 2.45) is 23.7 Å². The Hall–Kier alpha value is -1.36. The third kappa shape index (κ3) is 1.79. The lowest BCUT2D eigenvalue weighted by atomic mass is 10.0. The first-order valence-electron chi connectivity index (χ1n) is 7.15. The Morgan fingerprint density at radius 1 is 1.32 bits per heavy atom. The lowest BCUT2D eigenvalue weighted by Crippen LogP contribution is -2.15. The van der Waals surface area contributed by atoms with Gasteiger partial charge in [-0.2, -0.15) is 0 Å². The van der Waals surface area contributed by atoms with E-state index in [1.165, 1.54) is 19.3 Å². The quantitative estimate of drug-likeness (QED) is 0.861. The van der Waals surface area contributed by atoms with E-state index in [1.54, 1.807) is 7.11 Å². The summed E-state index contributed by atoms with van der Waals surface area (Å²) >= 11 is 0. The Morgan fingerprint density at radius 3 is 2.74 bits per heavy atom. The highest BCUT2D eigenvalue weighted by Gasteiger charge is 2.65. The topological polar surface area (TPSA) is 73.1 Å². The minimum atomic E-state index is 0.405. The molecule has 0 spiro atoms. The van der Waals surface area contributed by atoms with Gasteiger partial charge in [-0.05, 0) is 42.9 Å². The maximum absolute atomic E-state index is 5.82. The van der Waals surface area contributed by atoms with Crippen LogP contribution < -0.4 is 11.1 Å². The minimum Gasteiger partial charge on any atom is -0.384 e. The molecule has 0 amide bonds. The molecular weight excluding hydrogens is 240 g/mol. The summed E-state index contributed by atoms with van der Waals surface area (Å²) in [5, 5.41) is 3.57. The fraction of sp³-hybridized carbons (Fsp3) is 0.714. The Labute approximate surface area is 113 Å². The molecule has 4 rings (SSSR count). The normalized spacial score (nSPS) is 38.3. The van der Waals surface area contributed by atoms with Crippen molar-refractivity contribution < 1.29 is 4.74 Å². The largest absolute Gasteiger partial charge is 0.384 e. The molecule has 0 saturated heterocycles. The maximum Gasteiger partial charge on any atom is 0.158 e. The van der Waals surface area contributed by atoms with Gasteiger partial charge in [-0.3, -0.25) is 0 Å². The number of nitrogens with two attached hydrogens (primary N) is 1. The van der Waals surface area contributed by atoms with Gasteiger partial charge in [0, 0.05) is 19.2 Å². The molecular formula is C14H20N4O. The van der Waals surface area contributed by atoms with Crippen molar-refractivity contribution in [2.45, 2.75) is 31.9 Å². The molecule has 19 heavy (non-hydrogen) atoms. The zero-order valence-corrected chi connectivity index (χ0v) is 11.2. The molecule has 3 aliphatic carbocycles. The molecule has 5 nitrogen and oxygen atoms in total. The van der Waals surface area contributed by atoms with Gasteiger partial charge in [-0.15, -0.1) is 0 Å². The second kappa shape index (κ2) is 4.07. The van der Waals surface area contributed by atoms with Crippen LogP contribution >= 0.6 is 0 Å². The van der Waals surface area contributed by atoms with Crippen molar-refractivity contribution >= 4 is 11.6 Å². The number of hydrogen-bond acceptors (Lipinski definition) is 5. The highest BCUT2D eigenvalue weighted by atomic mass is 16.5. The van der Waals surface area contributed by atoms with Crippen LogP contribution in [0.15, 0.2) is 6.07 Å². The van der Waals surface area contributed by atoms with Crippen molar-refractivity contribution in [3.8, 4) is 0 Å². The van der Waals surface area contributed by atoms with Crippen LogP contribution in [-0.2, 0) is 11.3 Å². The molecule has 1 aromatic rings. The zero-order valence-electron chi connectivity index (χ0n) is 11.2. The van der Waals surface area contributed by atoms with E-state index in [4.69, 9.17) is 10.5 Å². The molecule has 2 bridgehead atoms. The monoisotopic (exact) mass is 260 g/mol. The van der Waals surface area contributed by atoms with Crippen LogP contribution in [0, 0.1) is 23.7 Å². The first kappa shape index (κ1) is 11.5. The Morgan fingerprint density at radius 2 is 2.05 bits per heavy atom. The van der Waals surface area contributed by atoms with Crippen LogP contribution in [0.4, 0.5) is 11.6 Å². The number of ether oxygens (including phenoxy) is 1. The molecule has 5 heteroatoms. The van der Waals surface area contributed by atoms with Crippen LogP contribution in [-0.4, -0.2) is 23.1 Å². The minimum absolute atomic E-state index is 0.405. The third-order valence-corrected chi connectivity index (χ3v) is 5.12. The van der Waals surface area contributed by atoms with Crippen molar-refractivity contribution in [2.75, 3.05) is 18.2 Å². The SMILES string of the molecule is COCc1nc(N)cc(NC2C3C4CCC(C4)C23)n1. The Kier molecular flexibility index (Phi) is 2.45. The van der Waals surface area contributed by atoms with Crippen molar-refractivity contribution in [3.63, 3.8) is 0 Å². The predicted octanol–water partition coefficient (Wildman–Crippen LogP) is 1.66. The van der Waals surface area contributed by atoms with Crippen molar-refractivity contribution in [3.05, 3.63) is 11.9 Å². The van der Waals surface area contributed by atoms with E-state index >= 15 is 0 Å². The summed E-state index contributed by atoms with van der Waals surface area (Å²) < 4.78 is 5.07. The number of anilines is 2. The number of nitrogens with zero attached hydrogens (tertiary/aromatic N) is 2. The average molecular weight is 260 g/mol. The first-order valence-corrected chi connectivity index (χ1v) is 7.15. The molecule has 1 aromatic heterocycles. The van der Waals surface area contributed by atoms with Gasteiger partial charge >= 0.3 is 0 Å². The van der Waals surface area contributed by atoms with E-state index in [0.717, 1.165) is 29.5 Å². The number of nitrogens with one attached hydrogen (secondary N) is 1. The summed E-state index contributed by atoms with van der Waals surface area (Å²) in [5.41, 5.74) is 5.82. The fourth-order valence-corrected chi connectivity index (χ4v) is 4.47. The number of rotatable bonds is 4. The lowest BCUT2D eigenvalue weighted by molar-refractivity contribution is 0.178. The van der Waals surface area contributed by atoms with Gasteiger partial charge in [0.1, 0.15) is 18.2 Å². The van der Waals surface area contributed by atoms with Crippen LogP contribution in [0.1, 0.15) is 25.1 Å². The molecule has 0 radical (unpaired) electrons. The molecule has 3 N–H and O–H groups in total. The van der Waals surface area contributed by atoms with Gasteiger partial charge in [-0.25, -0.2) is 9.97 Å². The van der Waals surface area contributed by atoms with E-state index in [0.29, 0.717) is 24.3 Å². The van der Waals surface area contributed by atoms with E-state index in [1.807, 2.05) is 6.07 Å². The summed E-state index contributed by atoms with van der Waals surface area (Å²) in [6.07, 6.45) is 4.34. The molecule has 0 aliphatic heterocycles. The summed E-state index contributed by atoms with van der Waals surface area (Å²) in [5.74, 6) is 5.73. The smallest absolute Gasteiger partial charge is 0.158 e. The molecule has 3 aliphatic rings. The number of hydrogen-bond donors (Lipinski definition) is 2. The molecule has 3 saturated carbocycles. The van der Waals surface area contributed by atoms with E-state index < -0.39 is 0 Å². The Bertz CT molecular complexity index is 490. The van der Waals surface area contributed by atoms with Crippen LogP contribution in [0.25, 0.3) is 0 Å². The van der Waals surface area contributed by atoms with Crippen LogP contribution in [0.3, 0.4) is 0 Å². The van der Waals surface area contributed by atoms with Gasteiger partial charge in [0.05, 0.1) is 0 Å². The first-order chi connectivity index (χ1) is 9.26. The second-order valence-corrected chi connectivity index (χ2v) is 6.19. The maximum atomic E-state index is 5.82. The second-order valence-electron chi connectivity index (χ2n) is 6.19. The van der Waals surface area contributed by atoms with Gasteiger partial charge in [0.2, 0.25) is 0 Å². The lowest BCUT2D eigenvalue weighted by Gasteiger charge is -2.12.